The molecular weight excluding hydrogens is 194 g/mol. The Hall–Kier alpha value is -1.87. The monoisotopic (exact) mass is 205 g/mol. The molecule has 15 heavy (non-hydrogen) atoms. The van der Waals surface area contributed by atoms with Crippen LogP contribution >= 0.6 is 0 Å². The van der Waals surface area contributed by atoms with Crippen molar-refractivity contribution in [3.8, 4) is 6.07 Å². The number of aromatic nitrogens is 2. The van der Waals surface area contributed by atoms with Gasteiger partial charge in [-0.1, -0.05) is 0 Å². The van der Waals surface area contributed by atoms with Crippen LogP contribution in [-0.4, -0.2) is 46.5 Å². The van der Waals surface area contributed by atoms with E-state index in [2.05, 4.69) is 21.4 Å². The van der Waals surface area contributed by atoms with Gasteiger partial charge in [0, 0.05) is 19.6 Å². The van der Waals surface area contributed by atoms with Crippen LogP contribution in [0.1, 0.15) is 10.5 Å². The predicted octanol–water partition coefficient (Wildman–Crippen LogP) is -0.653. The van der Waals surface area contributed by atoms with Crippen molar-refractivity contribution in [1.82, 2.24) is 20.2 Å². The van der Waals surface area contributed by atoms with E-state index in [1.807, 2.05) is 0 Å². The number of aromatic amines is 1. The van der Waals surface area contributed by atoms with Crippen molar-refractivity contribution in [3.63, 3.8) is 0 Å². The zero-order valence-electron chi connectivity index (χ0n) is 8.10. The number of hydrogen-bond donors (Lipinski definition) is 2. The zero-order valence-corrected chi connectivity index (χ0v) is 8.10. The molecular formula is C9H11N5O. The van der Waals surface area contributed by atoms with Gasteiger partial charge in [-0.25, -0.2) is 4.98 Å². The Kier molecular flexibility index (Phi) is 2.65. The summed E-state index contributed by atoms with van der Waals surface area (Å²) in [5.74, 6) is -0.166. The minimum atomic E-state index is -0.394. The van der Waals surface area contributed by atoms with Crippen molar-refractivity contribution >= 4 is 5.91 Å². The average molecular weight is 205 g/mol. The standard InChI is InChI=1S/C9H11N5O/c10-3-7-4-11-1-2-14(7)9(15)8-5-12-6-13-8/h5-7,11H,1-2,4H2,(H,12,13). The van der Waals surface area contributed by atoms with E-state index < -0.39 is 6.04 Å². The number of H-pyrrole nitrogens is 1. The Morgan fingerprint density at radius 1 is 1.73 bits per heavy atom. The lowest BCUT2D eigenvalue weighted by Crippen LogP contribution is -2.53. The highest BCUT2D eigenvalue weighted by Gasteiger charge is 2.27. The molecule has 0 spiro atoms. The molecule has 1 aromatic heterocycles. The Morgan fingerprint density at radius 2 is 2.60 bits per heavy atom. The number of amides is 1. The van der Waals surface area contributed by atoms with E-state index in [0.29, 0.717) is 18.8 Å². The van der Waals surface area contributed by atoms with Gasteiger partial charge in [-0.3, -0.25) is 4.79 Å². The molecule has 78 valence electrons. The van der Waals surface area contributed by atoms with Crippen molar-refractivity contribution in [1.29, 1.82) is 5.26 Å². The maximum Gasteiger partial charge on any atom is 0.273 e. The van der Waals surface area contributed by atoms with Gasteiger partial charge in [0.05, 0.1) is 18.6 Å². The smallest absolute Gasteiger partial charge is 0.273 e. The van der Waals surface area contributed by atoms with Crippen molar-refractivity contribution in [3.05, 3.63) is 18.2 Å². The fourth-order valence-corrected chi connectivity index (χ4v) is 1.59. The number of nitrogens with one attached hydrogen (secondary N) is 2. The van der Waals surface area contributed by atoms with Crippen molar-refractivity contribution in [2.75, 3.05) is 19.6 Å². The van der Waals surface area contributed by atoms with Crippen LogP contribution in [0.15, 0.2) is 12.5 Å². The van der Waals surface area contributed by atoms with Crippen LogP contribution in [0.25, 0.3) is 0 Å². The molecule has 6 nitrogen and oxygen atoms in total. The van der Waals surface area contributed by atoms with Gasteiger partial charge in [0.25, 0.3) is 5.91 Å². The largest absolute Gasteiger partial charge is 0.341 e. The van der Waals surface area contributed by atoms with Crippen LogP contribution in [0.4, 0.5) is 0 Å². The first kappa shape index (κ1) is 9.68. The molecule has 0 radical (unpaired) electrons. The van der Waals surface area contributed by atoms with Gasteiger partial charge < -0.3 is 15.2 Å². The molecule has 0 bridgehead atoms. The molecule has 1 fully saturated rings. The molecule has 0 aliphatic carbocycles. The molecule has 2 N–H and O–H groups in total. The van der Waals surface area contributed by atoms with Crippen LogP contribution in [0.5, 0.6) is 0 Å². The van der Waals surface area contributed by atoms with Crippen LogP contribution in [0, 0.1) is 11.3 Å². The molecule has 2 heterocycles. The first-order valence-electron chi connectivity index (χ1n) is 4.72. The maximum absolute atomic E-state index is 11.9. The highest BCUT2D eigenvalue weighted by Crippen LogP contribution is 2.07. The Morgan fingerprint density at radius 3 is 3.27 bits per heavy atom. The van der Waals surface area contributed by atoms with Gasteiger partial charge in [-0.2, -0.15) is 5.26 Å². The maximum atomic E-state index is 11.9. The summed E-state index contributed by atoms with van der Waals surface area (Å²) in [5, 5.41) is 12.0. The third-order valence-corrected chi connectivity index (χ3v) is 2.38. The summed E-state index contributed by atoms with van der Waals surface area (Å²) in [5.41, 5.74) is 0.428. The topological polar surface area (TPSA) is 84.8 Å². The van der Waals surface area contributed by atoms with Gasteiger partial charge in [0.15, 0.2) is 0 Å². The van der Waals surface area contributed by atoms with E-state index in [1.165, 1.54) is 12.5 Å². The molecule has 2 rings (SSSR count). The lowest BCUT2D eigenvalue weighted by molar-refractivity contribution is 0.0681. The van der Waals surface area contributed by atoms with Crippen LogP contribution < -0.4 is 5.32 Å². The van der Waals surface area contributed by atoms with Crippen LogP contribution in [-0.2, 0) is 0 Å². The van der Waals surface area contributed by atoms with Gasteiger partial charge in [0.1, 0.15) is 11.7 Å². The zero-order chi connectivity index (χ0) is 10.7. The summed E-state index contributed by atoms with van der Waals surface area (Å²) in [6.07, 6.45) is 2.93. The Balaban J connectivity index is 2.15. The number of hydrogen-bond acceptors (Lipinski definition) is 4. The number of carbonyl (C=O) groups excluding carboxylic acids is 1. The number of carbonyl (C=O) groups is 1. The molecule has 0 aromatic carbocycles. The summed E-state index contributed by atoms with van der Waals surface area (Å²) in [7, 11) is 0. The third kappa shape index (κ3) is 1.82. The van der Waals surface area contributed by atoms with E-state index in [1.54, 1.807) is 4.90 Å². The Labute approximate surface area is 86.9 Å². The van der Waals surface area contributed by atoms with E-state index >= 15 is 0 Å². The molecule has 1 saturated heterocycles. The molecule has 1 atom stereocenters. The molecule has 1 amide bonds. The van der Waals surface area contributed by atoms with E-state index in [-0.39, 0.29) is 5.91 Å². The number of imidazole rings is 1. The van der Waals surface area contributed by atoms with Crippen LogP contribution in [0.2, 0.25) is 0 Å². The highest BCUT2D eigenvalue weighted by molar-refractivity contribution is 5.92. The van der Waals surface area contributed by atoms with Crippen molar-refractivity contribution in [2.45, 2.75) is 6.04 Å². The molecule has 1 aliphatic rings. The van der Waals surface area contributed by atoms with Crippen molar-refractivity contribution in [2.24, 2.45) is 0 Å². The van der Waals surface area contributed by atoms with Gasteiger partial charge >= 0.3 is 0 Å². The normalized spacial score (nSPS) is 21.0. The fraction of sp³-hybridized carbons (Fsp3) is 0.444. The minimum Gasteiger partial charge on any atom is -0.341 e. The SMILES string of the molecule is N#CC1CNCCN1C(=O)c1cnc[nH]1. The number of nitrogens with zero attached hydrogens (tertiary/aromatic N) is 3. The lowest BCUT2D eigenvalue weighted by Gasteiger charge is -2.31. The van der Waals surface area contributed by atoms with Gasteiger partial charge in [-0.05, 0) is 0 Å². The second kappa shape index (κ2) is 4.11. The quantitative estimate of drug-likeness (QED) is 0.638. The Bertz CT molecular complexity index is 380. The predicted molar refractivity (Wildman–Crippen MR) is 51.9 cm³/mol. The summed E-state index contributed by atoms with van der Waals surface area (Å²) in [6.45, 7) is 1.80. The summed E-state index contributed by atoms with van der Waals surface area (Å²) >= 11 is 0. The summed E-state index contributed by atoms with van der Waals surface area (Å²) < 4.78 is 0. The minimum absolute atomic E-state index is 0.166. The summed E-state index contributed by atoms with van der Waals surface area (Å²) in [4.78, 5) is 20.0. The fourth-order valence-electron chi connectivity index (χ4n) is 1.59. The first-order valence-corrected chi connectivity index (χ1v) is 4.72. The third-order valence-electron chi connectivity index (χ3n) is 2.38. The molecule has 0 saturated carbocycles. The molecule has 1 unspecified atom stereocenters. The van der Waals surface area contributed by atoms with Crippen molar-refractivity contribution < 1.29 is 4.79 Å². The van der Waals surface area contributed by atoms with Gasteiger partial charge in [0.2, 0.25) is 0 Å². The van der Waals surface area contributed by atoms with E-state index in [4.69, 9.17) is 5.26 Å². The summed E-state index contributed by atoms with van der Waals surface area (Å²) in [6, 6.07) is 1.71. The molecule has 1 aromatic rings. The average Bonchev–Trinajstić information content (AvgIpc) is 2.81. The number of piperazine rings is 1. The highest BCUT2D eigenvalue weighted by atomic mass is 16.2. The van der Waals surface area contributed by atoms with E-state index in [9.17, 15) is 4.79 Å². The molecule has 1 aliphatic heterocycles. The van der Waals surface area contributed by atoms with E-state index in [0.717, 1.165) is 6.54 Å². The second-order valence-electron chi connectivity index (χ2n) is 3.31. The molecule has 6 heteroatoms. The number of rotatable bonds is 1. The van der Waals surface area contributed by atoms with Gasteiger partial charge in [-0.15, -0.1) is 0 Å². The van der Waals surface area contributed by atoms with Crippen LogP contribution in [0.3, 0.4) is 0 Å². The second-order valence-corrected chi connectivity index (χ2v) is 3.31. The lowest BCUT2D eigenvalue weighted by atomic mass is 10.2. The first-order chi connectivity index (χ1) is 7.33. The number of nitriles is 1.